The predicted octanol–water partition coefficient (Wildman–Crippen LogP) is 3.22. The van der Waals surface area contributed by atoms with Crippen molar-refractivity contribution in [2.24, 2.45) is 17.8 Å². The zero-order valence-electron chi connectivity index (χ0n) is 10.7. The summed E-state index contributed by atoms with van der Waals surface area (Å²) in [5.74, 6) is 0.830. The molecule has 2 aliphatic carbocycles. The lowest BCUT2D eigenvalue weighted by Crippen LogP contribution is -2.42. The summed E-state index contributed by atoms with van der Waals surface area (Å²) in [5.41, 5.74) is 0. The van der Waals surface area contributed by atoms with E-state index in [1.54, 1.807) is 0 Å². The fraction of sp³-hybridized carbons (Fsp3) is 0.923. The highest BCUT2D eigenvalue weighted by Crippen LogP contribution is 2.54. The summed E-state index contributed by atoms with van der Waals surface area (Å²) in [4.78, 5) is 13.1. The number of alkyl halides is 3. The molecule has 5 heteroatoms. The Kier molecular flexibility index (Phi) is 3.87. The van der Waals surface area contributed by atoms with E-state index in [2.05, 4.69) is 0 Å². The standard InChI is InChI=1S/C13H20F3NO/c1-2-3-4-17(8-13(14,15)16)12(18)11-6-9-5-10(9)7-11/h9-11H,2-8H2,1H3. The molecule has 1 amide bonds. The highest BCUT2D eigenvalue weighted by molar-refractivity contribution is 5.79. The van der Waals surface area contributed by atoms with Gasteiger partial charge in [0.15, 0.2) is 0 Å². The first-order valence-corrected chi connectivity index (χ1v) is 6.76. The van der Waals surface area contributed by atoms with E-state index in [4.69, 9.17) is 0 Å². The Labute approximate surface area is 106 Å². The first kappa shape index (κ1) is 13.7. The molecule has 2 nitrogen and oxygen atoms in total. The van der Waals surface area contributed by atoms with Crippen molar-refractivity contribution >= 4 is 5.91 Å². The topological polar surface area (TPSA) is 20.3 Å². The van der Waals surface area contributed by atoms with Crippen LogP contribution < -0.4 is 0 Å². The Morgan fingerprint density at radius 3 is 2.33 bits per heavy atom. The van der Waals surface area contributed by atoms with Gasteiger partial charge < -0.3 is 4.90 Å². The monoisotopic (exact) mass is 263 g/mol. The molecule has 0 saturated heterocycles. The second kappa shape index (κ2) is 5.10. The second-order valence-electron chi connectivity index (χ2n) is 5.65. The SMILES string of the molecule is CCCCN(CC(F)(F)F)C(=O)C1CC2CC2C1. The van der Waals surface area contributed by atoms with Gasteiger partial charge in [-0.05, 0) is 37.5 Å². The minimum absolute atomic E-state index is 0.145. The van der Waals surface area contributed by atoms with E-state index in [0.717, 1.165) is 24.2 Å². The smallest absolute Gasteiger partial charge is 0.333 e. The van der Waals surface area contributed by atoms with Gasteiger partial charge in [-0.3, -0.25) is 4.79 Å². The molecule has 0 N–H and O–H groups in total. The number of hydrogen-bond acceptors (Lipinski definition) is 1. The molecule has 2 aliphatic rings. The average molecular weight is 263 g/mol. The van der Waals surface area contributed by atoms with Gasteiger partial charge in [0.05, 0.1) is 0 Å². The maximum Gasteiger partial charge on any atom is 0.406 e. The fourth-order valence-electron chi connectivity index (χ4n) is 3.01. The van der Waals surface area contributed by atoms with Gasteiger partial charge in [0.1, 0.15) is 6.54 Å². The zero-order valence-corrected chi connectivity index (χ0v) is 10.7. The number of halogens is 3. The van der Waals surface area contributed by atoms with Gasteiger partial charge in [0, 0.05) is 12.5 Å². The summed E-state index contributed by atoms with van der Waals surface area (Å²) in [5, 5.41) is 0. The van der Waals surface area contributed by atoms with Crippen molar-refractivity contribution in [2.75, 3.05) is 13.1 Å². The van der Waals surface area contributed by atoms with E-state index in [1.165, 1.54) is 6.42 Å². The molecule has 0 bridgehead atoms. The zero-order chi connectivity index (χ0) is 13.3. The maximum atomic E-state index is 12.5. The lowest BCUT2D eigenvalue weighted by molar-refractivity contribution is -0.164. The lowest BCUT2D eigenvalue weighted by Gasteiger charge is -2.27. The van der Waals surface area contributed by atoms with Gasteiger partial charge in [0.25, 0.3) is 0 Å². The molecule has 2 atom stereocenters. The number of hydrogen-bond donors (Lipinski definition) is 0. The lowest BCUT2D eigenvalue weighted by atomic mass is 10.0. The van der Waals surface area contributed by atoms with E-state index in [0.29, 0.717) is 18.3 Å². The van der Waals surface area contributed by atoms with Crippen LogP contribution in [0.25, 0.3) is 0 Å². The second-order valence-corrected chi connectivity index (χ2v) is 5.65. The van der Waals surface area contributed by atoms with E-state index < -0.39 is 12.7 Å². The summed E-state index contributed by atoms with van der Waals surface area (Å²) in [6, 6.07) is 0. The third-order valence-corrected chi connectivity index (χ3v) is 4.06. The van der Waals surface area contributed by atoms with Crippen LogP contribution in [0.15, 0.2) is 0 Å². The molecule has 2 saturated carbocycles. The van der Waals surface area contributed by atoms with Gasteiger partial charge >= 0.3 is 6.18 Å². The Bertz CT molecular complexity index is 306. The number of carbonyl (C=O) groups excluding carboxylic acids is 1. The summed E-state index contributed by atoms with van der Waals surface area (Å²) in [6.45, 7) is 1.07. The van der Waals surface area contributed by atoms with Crippen LogP contribution in [0.5, 0.6) is 0 Å². The van der Waals surface area contributed by atoms with Crippen molar-refractivity contribution in [1.29, 1.82) is 0 Å². The number of nitrogens with zero attached hydrogens (tertiary/aromatic N) is 1. The molecule has 0 heterocycles. The third kappa shape index (κ3) is 3.39. The quantitative estimate of drug-likeness (QED) is 0.745. The van der Waals surface area contributed by atoms with Crippen molar-refractivity contribution in [3.63, 3.8) is 0 Å². The Hall–Kier alpha value is -0.740. The highest BCUT2D eigenvalue weighted by atomic mass is 19.4. The molecule has 0 aromatic heterocycles. The Morgan fingerprint density at radius 1 is 1.22 bits per heavy atom. The number of rotatable bonds is 5. The molecular weight excluding hydrogens is 243 g/mol. The van der Waals surface area contributed by atoms with Crippen LogP contribution in [0, 0.1) is 17.8 Å². The maximum absolute atomic E-state index is 12.5. The summed E-state index contributed by atoms with van der Waals surface area (Å²) in [7, 11) is 0. The van der Waals surface area contributed by atoms with Crippen LogP contribution in [-0.4, -0.2) is 30.1 Å². The Morgan fingerprint density at radius 2 is 1.83 bits per heavy atom. The highest BCUT2D eigenvalue weighted by Gasteiger charge is 2.49. The number of carbonyl (C=O) groups is 1. The third-order valence-electron chi connectivity index (χ3n) is 4.06. The molecule has 0 radical (unpaired) electrons. The molecule has 104 valence electrons. The minimum Gasteiger partial charge on any atom is -0.333 e. The fourth-order valence-corrected chi connectivity index (χ4v) is 3.01. The van der Waals surface area contributed by atoms with Crippen LogP contribution in [-0.2, 0) is 4.79 Å². The van der Waals surface area contributed by atoms with Gasteiger partial charge in [0.2, 0.25) is 5.91 Å². The average Bonchev–Trinajstić information content (AvgIpc) is 2.89. The number of amides is 1. The van der Waals surface area contributed by atoms with Crippen molar-refractivity contribution in [2.45, 2.75) is 45.2 Å². The largest absolute Gasteiger partial charge is 0.406 e. The van der Waals surface area contributed by atoms with Crippen molar-refractivity contribution in [3.05, 3.63) is 0 Å². The molecule has 2 fully saturated rings. The van der Waals surface area contributed by atoms with Crippen molar-refractivity contribution in [3.8, 4) is 0 Å². The van der Waals surface area contributed by atoms with E-state index in [9.17, 15) is 18.0 Å². The normalized spacial score (nSPS) is 30.1. The first-order valence-electron chi connectivity index (χ1n) is 6.76. The van der Waals surface area contributed by atoms with Crippen molar-refractivity contribution < 1.29 is 18.0 Å². The van der Waals surface area contributed by atoms with Crippen LogP contribution in [0.3, 0.4) is 0 Å². The minimum atomic E-state index is -4.29. The van der Waals surface area contributed by atoms with Crippen LogP contribution >= 0.6 is 0 Å². The number of fused-ring (bicyclic) bond motifs is 1. The van der Waals surface area contributed by atoms with E-state index in [1.807, 2.05) is 6.92 Å². The van der Waals surface area contributed by atoms with Crippen LogP contribution in [0.4, 0.5) is 13.2 Å². The molecule has 2 rings (SSSR count). The Balaban J connectivity index is 1.91. The first-order chi connectivity index (χ1) is 8.40. The van der Waals surface area contributed by atoms with E-state index in [-0.39, 0.29) is 18.4 Å². The van der Waals surface area contributed by atoms with Gasteiger partial charge in [-0.2, -0.15) is 13.2 Å². The molecule has 0 spiro atoms. The molecule has 2 unspecified atom stereocenters. The van der Waals surface area contributed by atoms with Gasteiger partial charge in [-0.1, -0.05) is 13.3 Å². The molecular formula is C13H20F3NO. The van der Waals surface area contributed by atoms with Crippen LogP contribution in [0.2, 0.25) is 0 Å². The molecule has 0 aromatic rings. The molecule has 18 heavy (non-hydrogen) atoms. The van der Waals surface area contributed by atoms with Crippen molar-refractivity contribution in [1.82, 2.24) is 4.90 Å². The summed E-state index contributed by atoms with van der Waals surface area (Å²) in [6.07, 6.45) is -0.0458. The summed E-state index contributed by atoms with van der Waals surface area (Å²) >= 11 is 0. The molecule has 0 aliphatic heterocycles. The number of unbranched alkanes of at least 4 members (excludes halogenated alkanes) is 1. The summed E-state index contributed by atoms with van der Waals surface area (Å²) < 4.78 is 37.4. The van der Waals surface area contributed by atoms with E-state index >= 15 is 0 Å². The molecule has 0 aromatic carbocycles. The van der Waals surface area contributed by atoms with Gasteiger partial charge in [-0.15, -0.1) is 0 Å². The van der Waals surface area contributed by atoms with Gasteiger partial charge in [-0.25, -0.2) is 0 Å². The predicted molar refractivity (Wildman–Crippen MR) is 61.9 cm³/mol. The van der Waals surface area contributed by atoms with Crippen LogP contribution in [0.1, 0.15) is 39.0 Å².